The summed E-state index contributed by atoms with van der Waals surface area (Å²) in [6.45, 7) is 10.9. The molecule has 0 amide bonds. The molecule has 1 unspecified atom stereocenters. The van der Waals surface area contributed by atoms with Crippen molar-refractivity contribution < 1.29 is 0 Å². The fourth-order valence-electron chi connectivity index (χ4n) is 3.02. The van der Waals surface area contributed by atoms with Crippen molar-refractivity contribution in [2.45, 2.75) is 44.4 Å². The highest BCUT2D eigenvalue weighted by atomic mass is 127. The van der Waals surface area contributed by atoms with Crippen molar-refractivity contribution >= 4 is 41.7 Å². The summed E-state index contributed by atoms with van der Waals surface area (Å²) in [5.74, 6) is 3.16. The molecular formula is C16H33IN4S. The van der Waals surface area contributed by atoms with Crippen molar-refractivity contribution in [1.29, 1.82) is 0 Å². The number of guanidine groups is 1. The van der Waals surface area contributed by atoms with Gasteiger partial charge in [-0.15, -0.1) is 24.0 Å². The van der Waals surface area contributed by atoms with Gasteiger partial charge in [-0.05, 0) is 53.6 Å². The van der Waals surface area contributed by atoms with E-state index in [9.17, 15) is 0 Å². The van der Waals surface area contributed by atoms with Gasteiger partial charge in [0.25, 0.3) is 0 Å². The van der Waals surface area contributed by atoms with E-state index in [2.05, 4.69) is 61.7 Å². The molecule has 0 spiro atoms. The lowest BCUT2D eigenvalue weighted by molar-refractivity contribution is 0.270. The van der Waals surface area contributed by atoms with E-state index in [0.29, 0.717) is 10.8 Å². The SMILES string of the molecule is CCNC(=NCC(C1CC1)N(C)C)N1CCSC(C)(C)C1.I. The van der Waals surface area contributed by atoms with Crippen LogP contribution in [0.2, 0.25) is 0 Å². The standard InChI is InChI=1S/C16H32N4S.HI/c1-6-17-15(20-9-10-21-16(2,3)12-20)18-11-14(19(4)5)13-7-8-13;/h13-14H,6-12H2,1-5H3,(H,17,18);1H. The molecule has 6 heteroatoms. The first-order valence-corrected chi connectivity index (χ1v) is 9.25. The highest BCUT2D eigenvalue weighted by molar-refractivity contribution is 14.0. The number of hydrogen-bond donors (Lipinski definition) is 1. The van der Waals surface area contributed by atoms with Gasteiger partial charge in [-0.1, -0.05) is 0 Å². The van der Waals surface area contributed by atoms with E-state index in [1.807, 2.05) is 0 Å². The Morgan fingerprint density at radius 3 is 2.59 bits per heavy atom. The molecule has 1 atom stereocenters. The summed E-state index contributed by atoms with van der Waals surface area (Å²) in [5, 5.41) is 3.49. The topological polar surface area (TPSA) is 30.9 Å². The molecule has 1 N–H and O–H groups in total. The molecule has 2 rings (SSSR count). The maximum absolute atomic E-state index is 4.97. The van der Waals surface area contributed by atoms with Crippen molar-refractivity contribution in [3.05, 3.63) is 0 Å². The molecule has 4 nitrogen and oxygen atoms in total. The van der Waals surface area contributed by atoms with Crippen LogP contribution in [0.4, 0.5) is 0 Å². The van der Waals surface area contributed by atoms with Gasteiger partial charge < -0.3 is 15.1 Å². The zero-order valence-corrected chi connectivity index (χ0v) is 17.9. The summed E-state index contributed by atoms with van der Waals surface area (Å²) in [6.07, 6.45) is 2.75. The van der Waals surface area contributed by atoms with Crippen molar-refractivity contribution in [2.24, 2.45) is 10.9 Å². The van der Waals surface area contributed by atoms with Gasteiger partial charge in [0.15, 0.2) is 5.96 Å². The van der Waals surface area contributed by atoms with E-state index in [1.54, 1.807) is 0 Å². The molecule has 0 radical (unpaired) electrons. The first-order valence-electron chi connectivity index (χ1n) is 8.26. The van der Waals surface area contributed by atoms with E-state index >= 15 is 0 Å². The van der Waals surface area contributed by atoms with Crippen LogP contribution in [0.15, 0.2) is 4.99 Å². The van der Waals surface area contributed by atoms with Gasteiger partial charge in [-0.2, -0.15) is 11.8 Å². The summed E-state index contributed by atoms with van der Waals surface area (Å²) in [4.78, 5) is 9.76. The van der Waals surface area contributed by atoms with Crippen molar-refractivity contribution in [1.82, 2.24) is 15.1 Å². The van der Waals surface area contributed by atoms with Crippen LogP contribution in [-0.4, -0.2) is 72.6 Å². The lowest BCUT2D eigenvalue weighted by Crippen LogP contribution is -2.51. The maximum Gasteiger partial charge on any atom is 0.194 e. The molecule has 0 aromatic carbocycles. The molecular weight excluding hydrogens is 407 g/mol. The normalized spacial score (nSPS) is 23.2. The van der Waals surface area contributed by atoms with Crippen molar-refractivity contribution in [3.63, 3.8) is 0 Å². The van der Waals surface area contributed by atoms with Crippen LogP contribution in [0.25, 0.3) is 0 Å². The Kier molecular flexibility index (Phi) is 8.30. The first kappa shape index (κ1) is 20.4. The Morgan fingerprint density at radius 1 is 1.41 bits per heavy atom. The van der Waals surface area contributed by atoms with E-state index in [1.165, 1.54) is 18.6 Å². The molecule has 1 saturated heterocycles. The molecule has 130 valence electrons. The average Bonchev–Trinajstić information content (AvgIpc) is 3.20. The van der Waals surface area contributed by atoms with E-state index in [0.717, 1.165) is 38.1 Å². The van der Waals surface area contributed by atoms with Gasteiger partial charge in [0.1, 0.15) is 0 Å². The third-order valence-electron chi connectivity index (χ3n) is 4.32. The predicted octanol–water partition coefficient (Wildman–Crippen LogP) is 2.74. The second-order valence-corrected chi connectivity index (χ2v) is 8.89. The fourth-order valence-corrected chi connectivity index (χ4v) is 4.13. The van der Waals surface area contributed by atoms with Gasteiger partial charge in [0.2, 0.25) is 0 Å². The third kappa shape index (κ3) is 6.07. The van der Waals surface area contributed by atoms with Gasteiger partial charge >= 0.3 is 0 Å². The minimum absolute atomic E-state index is 0. The summed E-state index contributed by atoms with van der Waals surface area (Å²) in [7, 11) is 4.37. The molecule has 0 aromatic heterocycles. The third-order valence-corrected chi connectivity index (χ3v) is 5.61. The number of nitrogens with one attached hydrogen (secondary N) is 1. The summed E-state index contributed by atoms with van der Waals surface area (Å²) < 4.78 is 0.325. The molecule has 1 aliphatic heterocycles. The van der Waals surface area contributed by atoms with Crippen LogP contribution in [0.3, 0.4) is 0 Å². The zero-order valence-electron chi connectivity index (χ0n) is 14.8. The van der Waals surface area contributed by atoms with Crippen molar-refractivity contribution in [3.8, 4) is 0 Å². The molecule has 22 heavy (non-hydrogen) atoms. The molecule has 1 saturated carbocycles. The predicted molar refractivity (Wildman–Crippen MR) is 110 cm³/mol. The number of aliphatic imine (C=N–C) groups is 1. The van der Waals surface area contributed by atoms with Crippen LogP contribution in [0.5, 0.6) is 0 Å². The molecule has 1 aliphatic carbocycles. The fraction of sp³-hybridized carbons (Fsp3) is 0.938. The smallest absolute Gasteiger partial charge is 0.194 e. The summed E-state index contributed by atoms with van der Waals surface area (Å²) in [6, 6.07) is 0.603. The molecule has 2 aliphatic rings. The quantitative estimate of drug-likeness (QED) is 0.405. The molecule has 0 aromatic rings. The lowest BCUT2D eigenvalue weighted by atomic mass is 10.1. The van der Waals surface area contributed by atoms with Crippen molar-refractivity contribution in [2.75, 3.05) is 46.0 Å². The lowest BCUT2D eigenvalue weighted by Gasteiger charge is -2.39. The number of nitrogens with zero attached hydrogens (tertiary/aromatic N) is 3. The Balaban J connectivity index is 0.00000242. The number of halogens is 1. The van der Waals surface area contributed by atoms with Gasteiger partial charge in [-0.25, -0.2) is 0 Å². The Bertz CT molecular complexity index is 367. The number of likely N-dealkylation sites (N-methyl/N-ethyl adjacent to an activating group) is 1. The van der Waals surface area contributed by atoms with E-state index < -0.39 is 0 Å². The molecule has 2 fully saturated rings. The highest BCUT2D eigenvalue weighted by Gasteiger charge is 2.33. The second-order valence-electron chi connectivity index (χ2n) is 7.09. The van der Waals surface area contributed by atoms with Crippen LogP contribution < -0.4 is 5.32 Å². The van der Waals surface area contributed by atoms with Gasteiger partial charge in [-0.3, -0.25) is 4.99 Å². The van der Waals surface area contributed by atoms with Crippen LogP contribution in [0, 0.1) is 5.92 Å². The van der Waals surface area contributed by atoms with Crippen LogP contribution >= 0.6 is 35.7 Å². The van der Waals surface area contributed by atoms with Gasteiger partial charge in [0.05, 0.1) is 6.54 Å². The van der Waals surface area contributed by atoms with Crippen LogP contribution in [0.1, 0.15) is 33.6 Å². The average molecular weight is 440 g/mol. The monoisotopic (exact) mass is 440 g/mol. The number of hydrogen-bond acceptors (Lipinski definition) is 3. The largest absolute Gasteiger partial charge is 0.357 e. The summed E-state index contributed by atoms with van der Waals surface area (Å²) in [5.41, 5.74) is 0. The van der Waals surface area contributed by atoms with Crippen LogP contribution in [-0.2, 0) is 0 Å². The number of thioether (sulfide) groups is 1. The maximum atomic E-state index is 4.97. The second kappa shape index (κ2) is 8.97. The molecule has 1 heterocycles. The highest BCUT2D eigenvalue weighted by Crippen LogP contribution is 2.35. The minimum Gasteiger partial charge on any atom is -0.357 e. The first-order chi connectivity index (χ1) is 9.93. The van der Waals surface area contributed by atoms with E-state index in [4.69, 9.17) is 4.99 Å². The number of rotatable bonds is 5. The zero-order chi connectivity index (χ0) is 15.5. The minimum atomic E-state index is 0. The van der Waals surface area contributed by atoms with E-state index in [-0.39, 0.29) is 24.0 Å². The Morgan fingerprint density at radius 2 is 2.09 bits per heavy atom. The Hall–Kier alpha value is 0.310. The Labute approximate surface area is 157 Å². The van der Waals surface area contributed by atoms with Gasteiger partial charge in [0, 0.05) is 36.2 Å². The molecule has 0 bridgehead atoms. The summed E-state index contributed by atoms with van der Waals surface area (Å²) >= 11 is 2.07.